The summed E-state index contributed by atoms with van der Waals surface area (Å²) < 4.78 is 4.59. The highest BCUT2D eigenvalue weighted by Gasteiger charge is 2.26. The molecule has 1 rings (SSSR count). The molecule has 3 nitrogen and oxygen atoms in total. The molecule has 0 aromatic rings. The van der Waals surface area contributed by atoms with Crippen molar-refractivity contribution in [2.24, 2.45) is 11.7 Å². The van der Waals surface area contributed by atoms with E-state index >= 15 is 0 Å². The molecule has 2 unspecified atom stereocenters. The third-order valence-electron chi connectivity index (χ3n) is 1.64. The van der Waals surface area contributed by atoms with E-state index in [0.717, 1.165) is 5.75 Å². The van der Waals surface area contributed by atoms with Crippen LogP contribution >= 0.6 is 11.8 Å². The highest BCUT2D eigenvalue weighted by Crippen LogP contribution is 2.20. The van der Waals surface area contributed by atoms with Crippen molar-refractivity contribution in [2.75, 3.05) is 12.9 Å². The lowest BCUT2D eigenvalue weighted by Gasteiger charge is -2.20. The Balaban J connectivity index is 2.57. The molecule has 0 fully saturated rings. The summed E-state index contributed by atoms with van der Waals surface area (Å²) in [6.45, 7) is 0. The van der Waals surface area contributed by atoms with Crippen LogP contribution in [0.15, 0.2) is 11.5 Å². The number of rotatable bonds is 1. The van der Waals surface area contributed by atoms with Crippen LogP contribution in [0, 0.1) is 5.92 Å². The molecule has 62 valence electrons. The van der Waals surface area contributed by atoms with Crippen molar-refractivity contribution < 1.29 is 9.53 Å². The van der Waals surface area contributed by atoms with Crippen LogP contribution in [0.4, 0.5) is 0 Å². The van der Waals surface area contributed by atoms with Gasteiger partial charge in [-0.25, -0.2) is 0 Å². The summed E-state index contributed by atoms with van der Waals surface area (Å²) in [6.07, 6.45) is 1.83. The lowest BCUT2D eigenvalue weighted by atomic mass is 10.0. The Bertz CT molecular complexity index is 181. The summed E-state index contributed by atoms with van der Waals surface area (Å²) in [5.74, 6) is 0.342. The summed E-state index contributed by atoms with van der Waals surface area (Å²) in [7, 11) is 1.39. The van der Waals surface area contributed by atoms with Crippen LogP contribution in [0.3, 0.4) is 0 Å². The van der Waals surface area contributed by atoms with Crippen molar-refractivity contribution in [3.8, 4) is 0 Å². The number of carbonyl (C=O) groups is 1. The maximum Gasteiger partial charge on any atom is 0.311 e. The maximum atomic E-state index is 11.0. The fourth-order valence-corrected chi connectivity index (χ4v) is 1.90. The van der Waals surface area contributed by atoms with Crippen LogP contribution in [0.25, 0.3) is 0 Å². The predicted octanol–water partition coefficient (Wildman–Crippen LogP) is 0.363. The molecule has 0 saturated heterocycles. The van der Waals surface area contributed by atoms with Gasteiger partial charge in [-0.15, -0.1) is 11.8 Å². The Morgan fingerprint density at radius 2 is 2.55 bits per heavy atom. The van der Waals surface area contributed by atoms with Crippen molar-refractivity contribution in [3.05, 3.63) is 11.5 Å². The molecule has 11 heavy (non-hydrogen) atoms. The van der Waals surface area contributed by atoms with Gasteiger partial charge in [0.2, 0.25) is 0 Å². The van der Waals surface area contributed by atoms with E-state index in [1.165, 1.54) is 7.11 Å². The molecular weight excluding hydrogens is 162 g/mol. The Morgan fingerprint density at radius 1 is 1.82 bits per heavy atom. The first-order chi connectivity index (χ1) is 5.25. The first-order valence-corrected chi connectivity index (χ1v) is 4.42. The lowest BCUT2D eigenvalue weighted by molar-refractivity contribution is -0.144. The molecule has 0 radical (unpaired) electrons. The first-order valence-electron chi connectivity index (χ1n) is 3.37. The summed E-state index contributed by atoms with van der Waals surface area (Å²) in [4.78, 5) is 11.0. The lowest BCUT2D eigenvalue weighted by Crippen LogP contribution is -2.37. The third-order valence-corrected chi connectivity index (χ3v) is 2.54. The fraction of sp³-hybridized carbons (Fsp3) is 0.571. The van der Waals surface area contributed by atoms with E-state index in [0.29, 0.717) is 0 Å². The monoisotopic (exact) mass is 173 g/mol. The molecule has 0 aromatic heterocycles. The summed E-state index contributed by atoms with van der Waals surface area (Å²) >= 11 is 1.59. The van der Waals surface area contributed by atoms with Crippen molar-refractivity contribution >= 4 is 17.7 Å². The van der Waals surface area contributed by atoms with Crippen LogP contribution in [0.1, 0.15) is 0 Å². The van der Waals surface area contributed by atoms with Crippen LogP contribution in [-0.2, 0) is 9.53 Å². The third kappa shape index (κ3) is 1.97. The van der Waals surface area contributed by atoms with Gasteiger partial charge in [-0.1, -0.05) is 6.08 Å². The quantitative estimate of drug-likeness (QED) is 0.582. The predicted molar refractivity (Wildman–Crippen MR) is 45.1 cm³/mol. The molecule has 1 aliphatic heterocycles. The fourth-order valence-electron chi connectivity index (χ4n) is 0.927. The van der Waals surface area contributed by atoms with Gasteiger partial charge in [0.15, 0.2) is 0 Å². The summed E-state index contributed by atoms with van der Waals surface area (Å²) in [6, 6.07) is -0.177. The Morgan fingerprint density at radius 3 is 3.09 bits per heavy atom. The second-order valence-corrected chi connectivity index (χ2v) is 3.31. The maximum absolute atomic E-state index is 11.0. The first kappa shape index (κ1) is 8.62. The van der Waals surface area contributed by atoms with Crippen LogP contribution in [0.2, 0.25) is 0 Å². The van der Waals surface area contributed by atoms with Crippen molar-refractivity contribution in [3.63, 3.8) is 0 Å². The number of carbonyl (C=O) groups excluding carboxylic acids is 1. The average molecular weight is 173 g/mol. The SMILES string of the molecule is COC(=O)C1CSC=CC1N. The zero-order valence-electron chi connectivity index (χ0n) is 6.32. The zero-order valence-corrected chi connectivity index (χ0v) is 7.14. The van der Waals surface area contributed by atoms with Crippen LogP contribution in [0.5, 0.6) is 0 Å². The van der Waals surface area contributed by atoms with Crippen molar-refractivity contribution in [1.82, 2.24) is 0 Å². The van der Waals surface area contributed by atoms with E-state index in [9.17, 15) is 4.79 Å². The minimum atomic E-state index is -0.214. The van der Waals surface area contributed by atoms with E-state index in [1.807, 2.05) is 11.5 Å². The van der Waals surface area contributed by atoms with Crippen LogP contribution in [-0.4, -0.2) is 24.9 Å². The second kappa shape index (κ2) is 3.78. The van der Waals surface area contributed by atoms with Gasteiger partial charge < -0.3 is 10.5 Å². The van der Waals surface area contributed by atoms with Gasteiger partial charge in [-0.2, -0.15) is 0 Å². The number of hydrogen-bond acceptors (Lipinski definition) is 4. The molecule has 0 aliphatic carbocycles. The van der Waals surface area contributed by atoms with Gasteiger partial charge >= 0.3 is 5.97 Å². The highest BCUT2D eigenvalue weighted by atomic mass is 32.2. The van der Waals surface area contributed by atoms with Gasteiger partial charge in [0.05, 0.1) is 13.0 Å². The van der Waals surface area contributed by atoms with Crippen LogP contribution < -0.4 is 5.73 Å². The molecule has 2 N–H and O–H groups in total. The van der Waals surface area contributed by atoms with E-state index in [4.69, 9.17) is 5.73 Å². The number of esters is 1. The normalized spacial score (nSPS) is 30.0. The van der Waals surface area contributed by atoms with E-state index < -0.39 is 0 Å². The van der Waals surface area contributed by atoms with Crippen molar-refractivity contribution in [1.29, 1.82) is 0 Å². The molecule has 4 heteroatoms. The van der Waals surface area contributed by atoms with Gasteiger partial charge in [-0.05, 0) is 5.41 Å². The van der Waals surface area contributed by atoms with E-state index in [1.54, 1.807) is 11.8 Å². The topological polar surface area (TPSA) is 52.3 Å². The molecule has 1 aliphatic rings. The molecular formula is C7H11NO2S. The zero-order chi connectivity index (χ0) is 8.27. The number of thioether (sulfide) groups is 1. The Labute approximate surface area is 70.0 Å². The van der Waals surface area contributed by atoms with Gasteiger partial charge in [0.25, 0.3) is 0 Å². The standard InChI is InChI=1S/C7H11NO2S/c1-10-7(9)5-4-11-3-2-6(5)8/h2-3,5-6H,4,8H2,1H3. The second-order valence-electron chi connectivity index (χ2n) is 2.37. The highest BCUT2D eigenvalue weighted by molar-refractivity contribution is 8.02. The van der Waals surface area contributed by atoms with Gasteiger partial charge in [0.1, 0.15) is 0 Å². The van der Waals surface area contributed by atoms with E-state index in [-0.39, 0.29) is 17.9 Å². The molecule has 0 aromatic carbocycles. The largest absolute Gasteiger partial charge is 0.469 e. The number of methoxy groups -OCH3 is 1. The van der Waals surface area contributed by atoms with E-state index in [2.05, 4.69) is 4.74 Å². The molecule has 0 saturated carbocycles. The Kier molecular flexibility index (Phi) is 2.96. The summed E-state index contributed by atoms with van der Waals surface area (Å²) in [5, 5.41) is 1.92. The number of hydrogen-bond donors (Lipinski definition) is 1. The Hall–Kier alpha value is -0.480. The summed E-state index contributed by atoms with van der Waals surface area (Å²) in [5.41, 5.74) is 5.65. The number of ether oxygens (including phenoxy) is 1. The average Bonchev–Trinajstić information content (AvgIpc) is 2.04. The molecule has 0 amide bonds. The molecule has 0 spiro atoms. The van der Waals surface area contributed by atoms with Gasteiger partial charge in [-0.3, -0.25) is 4.79 Å². The smallest absolute Gasteiger partial charge is 0.311 e. The molecule has 2 atom stereocenters. The minimum absolute atomic E-state index is 0.171. The minimum Gasteiger partial charge on any atom is -0.469 e. The van der Waals surface area contributed by atoms with Gasteiger partial charge in [0, 0.05) is 11.8 Å². The van der Waals surface area contributed by atoms with Crippen molar-refractivity contribution in [2.45, 2.75) is 6.04 Å². The molecule has 0 bridgehead atoms. The number of nitrogens with two attached hydrogens (primary N) is 1. The molecule has 1 heterocycles.